The topological polar surface area (TPSA) is 0 Å². The maximum atomic E-state index is 2.52. The Morgan fingerprint density at radius 2 is 0.731 bits per heavy atom. The Labute approximate surface area is 339 Å². The van der Waals surface area contributed by atoms with Crippen molar-refractivity contribution in [1.82, 2.24) is 0 Å². The predicted molar refractivity (Wildman–Crippen MR) is 244 cm³/mol. The van der Waals surface area contributed by atoms with E-state index in [0.29, 0.717) is 0 Å². The first-order valence-corrected chi connectivity index (χ1v) is 25.6. The molecule has 0 aliphatic carbocycles. The Kier molecular flexibility index (Phi) is 17.1. The number of unbranched alkanes of at least 4 members (excludes halogenated alkanes) is 18. The Hall–Kier alpha value is -1.54. The van der Waals surface area contributed by atoms with Gasteiger partial charge in [0.05, 0.1) is 0 Å². The van der Waals surface area contributed by atoms with Crippen LogP contribution >= 0.6 is 68.0 Å². The molecule has 0 N–H and O–H groups in total. The van der Waals surface area contributed by atoms with Gasteiger partial charge in [-0.3, -0.25) is 0 Å². The number of aryl methyl sites for hydroxylation is 2. The highest BCUT2D eigenvalue weighted by Gasteiger charge is 2.19. The second-order valence-corrected chi connectivity index (χ2v) is 20.9. The zero-order valence-electron chi connectivity index (χ0n) is 31.8. The molecule has 6 heteroatoms. The number of thiophene rings is 6. The zero-order valence-corrected chi connectivity index (χ0v) is 36.7. The van der Waals surface area contributed by atoms with Crippen molar-refractivity contribution in [3.63, 3.8) is 0 Å². The molecule has 0 aliphatic rings. The molecule has 0 aliphatic heterocycles. The molecule has 0 atom stereocenters. The second-order valence-electron chi connectivity index (χ2n) is 14.7. The van der Waals surface area contributed by atoms with Crippen molar-refractivity contribution >= 4 is 77.4 Å². The molecule has 0 spiro atoms. The van der Waals surface area contributed by atoms with Crippen LogP contribution in [0.15, 0.2) is 59.3 Å². The smallest absolute Gasteiger partial charge is 0.0482 e. The van der Waals surface area contributed by atoms with E-state index in [1.54, 1.807) is 11.1 Å². The molecular weight excluding hydrogens is 745 g/mol. The maximum Gasteiger partial charge on any atom is 0.0482 e. The molecule has 0 unspecified atom stereocenters. The fraction of sp³-hybridized carbons (Fsp3) is 0.522. The van der Waals surface area contributed by atoms with Crippen molar-refractivity contribution in [3.8, 4) is 39.0 Å². The lowest BCUT2D eigenvalue weighted by Gasteiger charge is -2.04. The number of fused-ring (bicyclic) bond motifs is 1. The quantitative estimate of drug-likeness (QED) is 0.0479. The zero-order chi connectivity index (χ0) is 35.8. The van der Waals surface area contributed by atoms with E-state index in [1.165, 1.54) is 190 Å². The summed E-state index contributed by atoms with van der Waals surface area (Å²) in [4.78, 5) is 11.7. The SMILES string of the molecule is CCCCCCCCCCCCc1cc(-c2cccs2)sc1-c1cc2sc(-c3sc(-c4cccs4)cc3CCCCCCCCCCCC)cc2s1. The van der Waals surface area contributed by atoms with Crippen LogP contribution in [0.5, 0.6) is 0 Å². The molecule has 0 bridgehead atoms. The molecule has 0 amide bonds. The third-order valence-electron chi connectivity index (χ3n) is 10.4. The standard InChI is InChI=1S/C46H60S6/c1-3-5-7-9-11-13-15-17-19-21-25-35-31-39(37-27-23-29-47-37)51-45(35)43-33-41-42(49-43)34-44(50-41)46-36(32-40(52-46)38-28-24-30-48-38)26-22-20-18-16-14-12-10-8-6-4-2/h23-24,27-34H,3-22,25-26H2,1-2H3. The predicted octanol–water partition coefficient (Wildman–Crippen LogP) is 18.8. The minimum absolute atomic E-state index is 1.20. The number of hydrogen-bond acceptors (Lipinski definition) is 6. The molecule has 6 aromatic rings. The Morgan fingerprint density at radius 1 is 0.365 bits per heavy atom. The molecule has 0 saturated heterocycles. The van der Waals surface area contributed by atoms with E-state index in [1.807, 2.05) is 68.0 Å². The molecule has 6 aromatic heterocycles. The molecular formula is C46H60S6. The van der Waals surface area contributed by atoms with Gasteiger partial charge in [-0.2, -0.15) is 0 Å². The summed E-state index contributed by atoms with van der Waals surface area (Å²) in [5, 5.41) is 4.44. The first-order valence-electron chi connectivity index (χ1n) is 20.6. The monoisotopic (exact) mass is 804 g/mol. The number of hydrogen-bond donors (Lipinski definition) is 0. The van der Waals surface area contributed by atoms with Gasteiger partial charge in [0.15, 0.2) is 0 Å². The molecule has 280 valence electrons. The summed E-state index contributed by atoms with van der Waals surface area (Å²) in [5.41, 5.74) is 3.14. The van der Waals surface area contributed by atoms with E-state index < -0.39 is 0 Å². The normalized spacial score (nSPS) is 11.8. The highest BCUT2D eigenvalue weighted by atomic mass is 32.1. The fourth-order valence-corrected chi connectivity index (χ4v) is 14.1. The van der Waals surface area contributed by atoms with Crippen molar-refractivity contribution in [1.29, 1.82) is 0 Å². The van der Waals surface area contributed by atoms with Gasteiger partial charge in [0.2, 0.25) is 0 Å². The maximum absolute atomic E-state index is 2.52. The van der Waals surface area contributed by atoms with Crippen molar-refractivity contribution in [3.05, 3.63) is 70.4 Å². The van der Waals surface area contributed by atoms with Crippen LogP contribution in [0.3, 0.4) is 0 Å². The lowest BCUT2D eigenvalue weighted by molar-refractivity contribution is 0.556. The fourth-order valence-electron chi connectivity index (χ4n) is 7.39. The van der Waals surface area contributed by atoms with E-state index in [-0.39, 0.29) is 0 Å². The van der Waals surface area contributed by atoms with E-state index in [9.17, 15) is 0 Å². The van der Waals surface area contributed by atoms with Crippen molar-refractivity contribution < 1.29 is 0 Å². The van der Waals surface area contributed by atoms with Crippen LogP contribution in [0, 0.1) is 0 Å². The summed E-state index contributed by atoms with van der Waals surface area (Å²) in [6.45, 7) is 4.62. The van der Waals surface area contributed by atoms with Gasteiger partial charge in [0.1, 0.15) is 0 Å². The lowest BCUT2D eigenvalue weighted by atomic mass is 10.0. The average molecular weight is 805 g/mol. The highest BCUT2D eigenvalue weighted by molar-refractivity contribution is 7.34. The lowest BCUT2D eigenvalue weighted by Crippen LogP contribution is -1.87. The Balaban J connectivity index is 1.10. The summed E-state index contributed by atoms with van der Waals surface area (Å²) in [5.74, 6) is 0. The van der Waals surface area contributed by atoms with Crippen LogP contribution in [-0.2, 0) is 12.8 Å². The van der Waals surface area contributed by atoms with E-state index in [2.05, 4.69) is 73.1 Å². The van der Waals surface area contributed by atoms with Gasteiger partial charge in [-0.1, -0.05) is 142 Å². The summed E-state index contributed by atoms with van der Waals surface area (Å²) in [6.07, 6.45) is 30.3. The third kappa shape index (κ3) is 11.7. The van der Waals surface area contributed by atoms with E-state index in [0.717, 1.165) is 0 Å². The van der Waals surface area contributed by atoms with Crippen LogP contribution < -0.4 is 0 Å². The van der Waals surface area contributed by atoms with Gasteiger partial charge < -0.3 is 0 Å². The molecule has 0 fully saturated rings. The summed E-state index contributed by atoms with van der Waals surface area (Å²) in [7, 11) is 0. The van der Waals surface area contributed by atoms with Crippen LogP contribution in [0.1, 0.15) is 153 Å². The molecule has 6 heterocycles. The second kappa shape index (κ2) is 22.1. The molecule has 0 aromatic carbocycles. The summed E-state index contributed by atoms with van der Waals surface area (Å²) >= 11 is 11.9. The van der Waals surface area contributed by atoms with Crippen molar-refractivity contribution in [2.45, 2.75) is 155 Å². The molecule has 6 rings (SSSR count). The highest BCUT2D eigenvalue weighted by Crippen LogP contribution is 2.49. The molecule has 0 saturated carbocycles. The van der Waals surface area contributed by atoms with Crippen LogP contribution in [-0.4, -0.2) is 0 Å². The largest absolute Gasteiger partial charge is 0.143 e. The Morgan fingerprint density at radius 3 is 1.08 bits per heavy atom. The van der Waals surface area contributed by atoms with Gasteiger partial charge in [-0.25, -0.2) is 0 Å². The van der Waals surface area contributed by atoms with E-state index in [4.69, 9.17) is 0 Å². The summed E-state index contributed by atoms with van der Waals surface area (Å²) in [6, 6.07) is 19.1. The first kappa shape index (κ1) is 40.1. The third-order valence-corrected chi connectivity index (χ3v) is 17.5. The van der Waals surface area contributed by atoms with Crippen LogP contribution in [0.25, 0.3) is 48.4 Å². The number of rotatable bonds is 26. The average Bonchev–Trinajstić information content (AvgIpc) is 4.00. The van der Waals surface area contributed by atoms with Crippen molar-refractivity contribution in [2.75, 3.05) is 0 Å². The molecule has 52 heavy (non-hydrogen) atoms. The van der Waals surface area contributed by atoms with Crippen LogP contribution in [0.4, 0.5) is 0 Å². The van der Waals surface area contributed by atoms with Crippen LogP contribution in [0.2, 0.25) is 0 Å². The Bertz CT molecular complexity index is 1660. The summed E-state index contributed by atoms with van der Waals surface area (Å²) < 4.78 is 2.92. The van der Waals surface area contributed by atoms with Gasteiger partial charge in [0, 0.05) is 48.4 Å². The minimum Gasteiger partial charge on any atom is -0.143 e. The van der Waals surface area contributed by atoms with E-state index >= 15 is 0 Å². The first-order chi connectivity index (χ1) is 25.7. The van der Waals surface area contributed by atoms with Gasteiger partial charge in [0.25, 0.3) is 0 Å². The van der Waals surface area contributed by atoms with Crippen molar-refractivity contribution in [2.24, 2.45) is 0 Å². The minimum atomic E-state index is 1.20. The van der Waals surface area contributed by atoms with Gasteiger partial charge in [-0.05, 0) is 84.0 Å². The molecule has 0 nitrogen and oxygen atoms in total. The van der Waals surface area contributed by atoms with Gasteiger partial charge in [-0.15, -0.1) is 68.0 Å². The molecule has 0 radical (unpaired) electrons. The van der Waals surface area contributed by atoms with Gasteiger partial charge >= 0.3 is 0 Å².